The van der Waals surface area contributed by atoms with Gasteiger partial charge in [0.2, 0.25) is 11.8 Å². The highest BCUT2D eigenvalue weighted by molar-refractivity contribution is 5.92. The number of carbonyl (C=O) groups is 1. The monoisotopic (exact) mass is 260 g/mol. The summed E-state index contributed by atoms with van der Waals surface area (Å²) in [5.41, 5.74) is 1.90. The molecule has 1 aromatic carbocycles. The normalized spacial score (nSPS) is 10.4. The number of benzene rings is 1. The molecule has 6 heteroatoms. The average Bonchev–Trinajstić information content (AvgIpc) is 2.75. The third kappa shape index (κ3) is 4.18. The standard InChI is InChI=1S/C13H16N4O2/c1-9-4-3-5-11(6-9)16-12(18)7-14-8-13-15-10(2)17-19-13/h3-6,14H,7-8H2,1-2H3,(H,16,18). The van der Waals surface area contributed by atoms with Crippen LogP contribution in [0.3, 0.4) is 0 Å². The molecule has 100 valence electrons. The van der Waals surface area contributed by atoms with Crippen molar-refractivity contribution in [3.05, 3.63) is 41.5 Å². The average molecular weight is 260 g/mol. The van der Waals surface area contributed by atoms with Crippen LogP contribution in [0.15, 0.2) is 28.8 Å². The van der Waals surface area contributed by atoms with Gasteiger partial charge in [-0.1, -0.05) is 17.3 Å². The van der Waals surface area contributed by atoms with Crippen LogP contribution in [-0.2, 0) is 11.3 Å². The van der Waals surface area contributed by atoms with Gasteiger partial charge in [-0.3, -0.25) is 10.1 Å². The number of anilines is 1. The topological polar surface area (TPSA) is 80.0 Å². The van der Waals surface area contributed by atoms with E-state index in [2.05, 4.69) is 20.8 Å². The Labute approximate surface area is 111 Å². The molecule has 6 nitrogen and oxygen atoms in total. The number of nitrogens with one attached hydrogen (secondary N) is 2. The predicted octanol–water partition coefficient (Wildman–Crippen LogP) is 1.41. The molecule has 0 aliphatic heterocycles. The largest absolute Gasteiger partial charge is 0.338 e. The molecule has 19 heavy (non-hydrogen) atoms. The van der Waals surface area contributed by atoms with Crippen molar-refractivity contribution >= 4 is 11.6 Å². The van der Waals surface area contributed by atoms with Gasteiger partial charge in [-0.25, -0.2) is 0 Å². The van der Waals surface area contributed by atoms with E-state index in [1.165, 1.54) is 0 Å². The number of rotatable bonds is 5. The Hall–Kier alpha value is -2.21. The second-order valence-electron chi connectivity index (χ2n) is 4.26. The fraction of sp³-hybridized carbons (Fsp3) is 0.308. The number of hydrogen-bond donors (Lipinski definition) is 2. The zero-order valence-electron chi connectivity index (χ0n) is 10.9. The molecule has 0 spiro atoms. The molecule has 0 unspecified atom stereocenters. The number of nitrogens with zero attached hydrogens (tertiary/aromatic N) is 2. The smallest absolute Gasteiger partial charge is 0.240 e. The minimum Gasteiger partial charge on any atom is -0.338 e. The molecule has 0 bridgehead atoms. The molecule has 0 aliphatic rings. The molecule has 0 atom stereocenters. The lowest BCUT2D eigenvalue weighted by atomic mass is 10.2. The van der Waals surface area contributed by atoms with Crippen molar-refractivity contribution in [2.24, 2.45) is 0 Å². The summed E-state index contributed by atoms with van der Waals surface area (Å²) in [5.74, 6) is 0.948. The highest BCUT2D eigenvalue weighted by Gasteiger charge is 2.05. The van der Waals surface area contributed by atoms with E-state index in [9.17, 15) is 4.79 Å². The van der Waals surface area contributed by atoms with Crippen LogP contribution in [0.1, 0.15) is 17.3 Å². The molecule has 0 saturated heterocycles. The van der Waals surface area contributed by atoms with Crippen molar-refractivity contribution in [3.63, 3.8) is 0 Å². The van der Waals surface area contributed by atoms with Crippen molar-refractivity contribution in [2.45, 2.75) is 20.4 Å². The molecule has 1 heterocycles. The summed E-state index contributed by atoms with van der Waals surface area (Å²) in [4.78, 5) is 15.7. The summed E-state index contributed by atoms with van der Waals surface area (Å²) >= 11 is 0. The van der Waals surface area contributed by atoms with E-state index in [1.807, 2.05) is 31.2 Å². The zero-order valence-corrected chi connectivity index (χ0v) is 10.9. The molecular weight excluding hydrogens is 244 g/mol. The molecule has 2 aromatic rings. The van der Waals surface area contributed by atoms with Gasteiger partial charge in [-0.05, 0) is 31.5 Å². The van der Waals surface area contributed by atoms with Crippen molar-refractivity contribution < 1.29 is 9.32 Å². The summed E-state index contributed by atoms with van der Waals surface area (Å²) in [7, 11) is 0. The number of carbonyl (C=O) groups excluding carboxylic acids is 1. The first-order chi connectivity index (χ1) is 9.13. The number of hydrogen-bond acceptors (Lipinski definition) is 5. The van der Waals surface area contributed by atoms with E-state index in [0.717, 1.165) is 11.3 Å². The van der Waals surface area contributed by atoms with Crippen LogP contribution in [0.5, 0.6) is 0 Å². The lowest BCUT2D eigenvalue weighted by Gasteiger charge is -2.06. The second-order valence-corrected chi connectivity index (χ2v) is 4.26. The number of amides is 1. The number of aryl methyl sites for hydroxylation is 2. The summed E-state index contributed by atoms with van der Waals surface area (Å²) in [5, 5.41) is 9.41. The predicted molar refractivity (Wildman–Crippen MR) is 70.6 cm³/mol. The van der Waals surface area contributed by atoms with Crippen LogP contribution < -0.4 is 10.6 Å². The zero-order chi connectivity index (χ0) is 13.7. The first-order valence-electron chi connectivity index (χ1n) is 6.00. The van der Waals surface area contributed by atoms with Crippen LogP contribution in [-0.4, -0.2) is 22.6 Å². The molecule has 0 saturated carbocycles. The fourth-order valence-corrected chi connectivity index (χ4v) is 1.62. The first kappa shape index (κ1) is 13.2. The Balaban J connectivity index is 1.76. The minimum absolute atomic E-state index is 0.109. The Morgan fingerprint density at radius 2 is 2.21 bits per heavy atom. The quantitative estimate of drug-likeness (QED) is 0.849. The van der Waals surface area contributed by atoms with Crippen molar-refractivity contribution in [1.29, 1.82) is 0 Å². The van der Waals surface area contributed by atoms with E-state index < -0.39 is 0 Å². The van der Waals surface area contributed by atoms with Crippen LogP contribution >= 0.6 is 0 Å². The molecule has 1 aromatic heterocycles. The molecule has 2 N–H and O–H groups in total. The van der Waals surface area contributed by atoms with Gasteiger partial charge in [0.25, 0.3) is 0 Å². The Kier molecular flexibility index (Phi) is 4.25. The minimum atomic E-state index is -0.109. The maximum absolute atomic E-state index is 11.7. The maximum Gasteiger partial charge on any atom is 0.240 e. The molecular formula is C13H16N4O2. The Morgan fingerprint density at radius 1 is 1.37 bits per heavy atom. The molecule has 0 fully saturated rings. The van der Waals surface area contributed by atoms with Crippen LogP contribution in [0.2, 0.25) is 0 Å². The van der Waals surface area contributed by atoms with Gasteiger partial charge >= 0.3 is 0 Å². The van der Waals surface area contributed by atoms with E-state index in [4.69, 9.17) is 4.52 Å². The van der Waals surface area contributed by atoms with E-state index in [0.29, 0.717) is 18.3 Å². The highest BCUT2D eigenvalue weighted by Crippen LogP contribution is 2.08. The van der Waals surface area contributed by atoms with Crippen molar-refractivity contribution in [3.8, 4) is 0 Å². The summed E-state index contributed by atoms with van der Waals surface area (Å²) in [6.07, 6.45) is 0. The van der Waals surface area contributed by atoms with Gasteiger partial charge in [-0.15, -0.1) is 0 Å². The lowest BCUT2D eigenvalue weighted by Crippen LogP contribution is -2.27. The van der Waals surface area contributed by atoms with Gasteiger partial charge in [0.05, 0.1) is 13.1 Å². The van der Waals surface area contributed by atoms with Gasteiger partial charge in [0, 0.05) is 5.69 Å². The first-order valence-corrected chi connectivity index (χ1v) is 6.00. The van der Waals surface area contributed by atoms with Gasteiger partial charge < -0.3 is 9.84 Å². The van der Waals surface area contributed by atoms with Crippen molar-refractivity contribution in [2.75, 3.05) is 11.9 Å². The highest BCUT2D eigenvalue weighted by atomic mass is 16.5. The van der Waals surface area contributed by atoms with Crippen LogP contribution in [0.25, 0.3) is 0 Å². The maximum atomic E-state index is 11.7. The van der Waals surface area contributed by atoms with E-state index in [1.54, 1.807) is 6.92 Å². The summed E-state index contributed by atoms with van der Waals surface area (Å²) < 4.78 is 4.92. The van der Waals surface area contributed by atoms with Crippen molar-refractivity contribution in [1.82, 2.24) is 15.5 Å². The van der Waals surface area contributed by atoms with Gasteiger partial charge in [-0.2, -0.15) is 4.98 Å². The van der Waals surface area contributed by atoms with Gasteiger partial charge in [0.1, 0.15) is 0 Å². The second kappa shape index (κ2) is 6.10. The van der Waals surface area contributed by atoms with Gasteiger partial charge in [0.15, 0.2) is 5.82 Å². The van der Waals surface area contributed by atoms with E-state index in [-0.39, 0.29) is 12.5 Å². The molecule has 2 rings (SSSR count). The van der Waals surface area contributed by atoms with Crippen LogP contribution in [0, 0.1) is 13.8 Å². The molecule has 0 aliphatic carbocycles. The Bertz CT molecular complexity index is 565. The summed E-state index contributed by atoms with van der Waals surface area (Å²) in [6, 6.07) is 7.65. The van der Waals surface area contributed by atoms with Crippen LogP contribution in [0.4, 0.5) is 5.69 Å². The van der Waals surface area contributed by atoms with E-state index >= 15 is 0 Å². The third-order valence-corrected chi connectivity index (χ3v) is 2.43. The lowest BCUT2D eigenvalue weighted by molar-refractivity contribution is -0.115. The Morgan fingerprint density at radius 3 is 2.89 bits per heavy atom. The SMILES string of the molecule is Cc1cccc(NC(=O)CNCc2nc(C)no2)c1. The fourth-order valence-electron chi connectivity index (χ4n) is 1.62. The summed E-state index contributed by atoms with van der Waals surface area (Å²) in [6.45, 7) is 4.29. The molecule has 0 radical (unpaired) electrons. The number of aromatic nitrogens is 2. The molecule has 1 amide bonds. The third-order valence-electron chi connectivity index (χ3n) is 2.43.